The molecule has 0 amide bonds. The van der Waals surface area contributed by atoms with Crippen molar-refractivity contribution in [2.24, 2.45) is 0 Å². The minimum absolute atomic E-state index is 0.292. The second kappa shape index (κ2) is 6.67. The van der Waals surface area contributed by atoms with Crippen molar-refractivity contribution in [3.05, 3.63) is 47.8 Å². The number of aromatic nitrogens is 2. The Morgan fingerprint density at radius 2 is 1.86 bits per heavy atom. The third-order valence-electron chi connectivity index (χ3n) is 2.91. The van der Waals surface area contributed by atoms with Crippen LogP contribution in [0.5, 0.6) is 0 Å². The number of alkyl halides is 3. The van der Waals surface area contributed by atoms with Crippen molar-refractivity contribution in [2.45, 2.75) is 26.1 Å². The van der Waals surface area contributed by atoms with E-state index in [0.29, 0.717) is 17.9 Å². The summed E-state index contributed by atoms with van der Waals surface area (Å²) in [5.41, 5.74) is 0.564. The van der Waals surface area contributed by atoms with Gasteiger partial charge in [-0.3, -0.25) is 0 Å². The Morgan fingerprint density at radius 3 is 2.48 bits per heavy atom. The summed E-state index contributed by atoms with van der Waals surface area (Å²) in [5.74, 6) is 0.292. The van der Waals surface area contributed by atoms with Gasteiger partial charge in [0, 0.05) is 30.1 Å². The highest BCUT2D eigenvalue weighted by Crippen LogP contribution is 2.31. The summed E-state index contributed by atoms with van der Waals surface area (Å²) in [5, 5.41) is 3.21. The summed E-state index contributed by atoms with van der Waals surface area (Å²) in [6.45, 7) is 3.62. The lowest BCUT2D eigenvalue weighted by Gasteiger charge is -2.08. The fraction of sp³-hybridized carbons (Fsp3) is 0.333. The highest BCUT2D eigenvalue weighted by atomic mass is 19.4. The van der Waals surface area contributed by atoms with Gasteiger partial charge in [0.2, 0.25) is 0 Å². The molecule has 0 aliphatic carbocycles. The summed E-state index contributed by atoms with van der Waals surface area (Å²) in [6, 6.07) is 5.02. The first kappa shape index (κ1) is 15.4. The van der Waals surface area contributed by atoms with E-state index in [-0.39, 0.29) is 0 Å². The molecule has 0 radical (unpaired) electrons. The summed E-state index contributed by atoms with van der Waals surface area (Å²) in [7, 11) is 0. The molecule has 0 aliphatic rings. The normalized spacial score (nSPS) is 11.6. The van der Waals surface area contributed by atoms with E-state index < -0.39 is 11.7 Å². The second-order valence-corrected chi connectivity index (χ2v) is 4.67. The third kappa shape index (κ3) is 4.26. The van der Waals surface area contributed by atoms with Crippen LogP contribution in [-0.4, -0.2) is 16.5 Å². The highest BCUT2D eigenvalue weighted by molar-refractivity contribution is 5.56. The molecule has 21 heavy (non-hydrogen) atoms. The van der Waals surface area contributed by atoms with Crippen LogP contribution in [0.1, 0.15) is 24.5 Å². The largest absolute Gasteiger partial charge is 0.416 e. The van der Waals surface area contributed by atoms with Crippen LogP contribution >= 0.6 is 0 Å². The van der Waals surface area contributed by atoms with Crippen LogP contribution < -0.4 is 5.32 Å². The first-order chi connectivity index (χ1) is 10.0. The molecule has 0 spiro atoms. The maximum Gasteiger partial charge on any atom is 0.416 e. The molecule has 0 bridgehead atoms. The Kier molecular flexibility index (Phi) is 4.90. The lowest BCUT2D eigenvalue weighted by Crippen LogP contribution is -2.14. The molecular weight excluding hydrogens is 279 g/mol. The van der Waals surface area contributed by atoms with Gasteiger partial charge in [0.15, 0.2) is 5.82 Å². The van der Waals surface area contributed by atoms with Crippen LogP contribution in [0, 0.1) is 0 Å². The van der Waals surface area contributed by atoms with E-state index in [1.54, 1.807) is 18.5 Å². The monoisotopic (exact) mass is 295 g/mol. The van der Waals surface area contributed by atoms with E-state index in [1.165, 1.54) is 6.07 Å². The van der Waals surface area contributed by atoms with Crippen molar-refractivity contribution in [1.82, 2.24) is 15.3 Å². The molecule has 2 aromatic rings. The molecule has 3 nitrogen and oxygen atoms in total. The summed E-state index contributed by atoms with van der Waals surface area (Å²) >= 11 is 0. The van der Waals surface area contributed by atoms with Gasteiger partial charge in [-0.1, -0.05) is 19.1 Å². The van der Waals surface area contributed by atoms with Gasteiger partial charge in [-0.2, -0.15) is 13.2 Å². The summed E-state index contributed by atoms with van der Waals surface area (Å²) < 4.78 is 38.0. The van der Waals surface area contributed by atoms with Gasteiger partial charge in [0.1, 0.15) is 0 Å². The fourth-order valence-corrected chi connectivity index (χ4v) is 1.84. The first-order valence-electron chi connectivity index (χ1n) is 6.70. The highest BCUT2D eigenvalue weighted by Gasteiger charge is 2.30. The predicted octanol–water partition coefficient (Wildman–Crippen LogP) is 3.66. The maximum absolute atomic E-state index is 12.7. The van der Waals surface area contributed by atoms with E-state index in [2.05, 4.69) is 22.2 Å². The molecule has 0 saturated heterocycles. The SMILES string of the molecule is CCCNCc1cnc(-c2cccc(C(F)(F)F)c2)nc1. The van der Waals surface area contributed by atoms with E-state index >= 15 is 0 Å². The number of benzene rings is 1. The minimum atomic E-state index is -4.36. The molecule has 1 heterocycles. The van der Waals surface area contributed by atoms with Gasteiger partial charge in [-0.05, 0) is 25.1 Å². The lowest BCUT2D eigenvalue weighted by atomic mass is 10.1. The first-order valence-corrected chi connectivity index (χ1v) is 6.70. The smallest absolute Gasteiger partial charge is 0.313 e. The van der Waals surface area contributed by atoms with Crippen molar-refractivity contribution >= 4 is 0 Å². The third-order valence-corrected chi connectivity index (χ3v) is 2.91. The molecule has 1 N–H and O–H groups in total. The van der Waals surface area contributed by atoms with Crippen LogP contribution in [0.4, 0.5) is 13.2 Å². The van der Waals surface area contributed by atoms with Gasteiger partial charge in [0.05, 0.1) is 5.56 Å². The van der Waals surface area contributed by atoms with Crippen LogP contribution in [0.15, 0.2) is 36.7 Å². The molecule has 0 aliphatic heterocycles. The Balaban J connectivity index is 2.15. The van der Waals surface area contributed by atoms with Crippen LogP contribution in [-0.2, 0) is 12.7 Å². The average Bonchev–Trinajstić information content (AvgIpc) is 2.47. The number of halogens is 3. The summed E-state index contributed by atoms with van der Waals surface area (Å²) in [4.78, 5) is 8.26. The van der Waals surface area contributed by atoms with Crippen LogP contribution in [0.25, 0.3) is 11.4 Å². The van der Waals surface area contributed by atoms with Crippen LogP contribution in [0.3, 0.4) is 0 Å². The van der Waals surface area contributed by atoms with E-state index in [4.69, 9.17) is 0 Å². The zero-order valence-electron chi connectivity index (χ0n) is 11.6. The molecule has 0 fully saturated rings. The van der Waals surface area contributed by atoms with Crippen molar-refractivity contribution in [1.29, 1.82) is 0 Å². The molecule has 112 valence electrons. The van der Waals surface area contributed by atoms with Crippen molar-refractivity contribution in [3.63, 3.8) is 0 Å². The maximum atomic E-state index is 12.7. The molecule has 0 atom stereocenters. The topological polar surface area (TPSA) is 37.8 Å². The number of nitrogens with zero attached hydrogens (tertiary/aromatic N) is 2. The molecular formula is C15H16F3N3. The van der Waals surface area contributed by atoms with Crippen LogP contribution in [0.2, 0.25) is 0 Å². The Morgan fingerprint density at radius 1 is 1.14 bits per heavy atom. The van der Waals surface area contributed by atoms with Gasteiger partial charge in [0.25, 0.3) is 0 Å². The van der Waals surface area contributed by atoms with Crippen molar-refractivity contribution < 1.29 is 13.2 Å². The standard InChI is InChI=1S/C15H16F3N3/c1-2-6-19-8-11-9-20-14(21-10-11)12-4-3-5-13(7-12)15(16,17)18/h3-5,7,9-10,19H,2,6,8H2,1H3. The van der Waals surface area contributed by atoms with Gasteiger partial charge in [-0.15, -0.1) is 0 Å². The van der Waals surface area contributed by atoms with Gasteiger partial charge < -0.3 is 5.32 Å². The van der Waals surface area contributed by atoms with Crippen molar-refractivity contribution in [3.8, 4) is 11.4 Å². The molecule has 1 aromatic heterocycles. The summed E-state index contributed by atoms with van der Waals surface area (Å²) in [6.07, 6.45) is -0.0697. The second-order valence-electron chi connectivity index (χ2n) is 4.67. The van der Waals surface area contributed by atoms with Gasteiger partial charge in [-0.25, -0.2) is 9.97 Å². The Bertz CT molecular complexity index is 579. The molecule has 1 aromatic carbocycles. The Hall–Kier alpha value is -1.95. The van der Waals surface area contributed by atoms with Crippen molar-refractivity contribution in [2.75, 3.05) is 6.54 Å². The van der Waals surface area contributed by atoms with Gasteiger partial charge >= 0.3 is 6.18 Å². The zero-order valence-corrected chi connectivity index (χ0v) is 11.6. The molecule has 6 heteroatoms. The van der Waals surface area contributed by atoms with E-state index in [9.17, 15) is 13.2 Å². The number of hydrogen-bond donors (Lipinski definition) is 1. The average molecular weight is 295 g/mol. The number of nitrogens with one attached hydrogen (secondary N) is 1. The van der Waals surface area contributed by atoms with E-state index in [0.717, 1.165) is 30.7 Å². The molecule has 0 saturated carbocycles. The predicted molar refractivity (Wildman–Crippen MR) is 74.5 cm³/mol. The lowest BCUT2D eigenvalue weighted by molar-refractivity contribution is -0.137. The molecule has 0 unspecified atom stereocenters. The Labute approximate surface area is 121 Å². The van der Waals surface area contributed by atoms with E-state index in [1.807, 2.05) is 0 Å². The molecule has 2 rings (SSSR count). The minimum Gasteiger partial charge on any atom is -0.313 e. The fourth-order valence-electron chi connectivity index (χ4n) is 1.84. The zero-order chi connectivity index (χ0) is 15.3. The number of hydrogen-bond acceptors (Lipinski definition) is 3. The number of rotatable bonds is 5. The quantitative estimate of drug-likeness (QED) is 0.855.